The highest BCUT2D eigenvalue weighted by Crippen LogP contribution is 2.41. The SMILES string of the molecule is C=C(C[C@H](O)C[C@H](O)[C@H](C)[C@H](O)C[C@H](O)C(C)(C)[C@H](O)C/C(C)=C/[C@H](O)[C@]1(C)O[C@H]2C[C@H](C)C[C@@H](O)C[C@@H](C)C/C(C)=C/C(=O)O[C@@H]1C2)/C(=C\Br)OC. The minimum atomic E-state index is -1.27. The number of halogens is 1. The Hall–Kier alpha value is -1.61. The molecule has 2 rings (SSSR count). The largest absolute Gasteiger partial charge is 0.496 e. The summed E-state index contributed by atoms with van der Waals surface area (Å²) >= 11 is 3.19. The maximum atomic E-state index is 13.0. The first-order chi connectivity index (χ1) is 24.5. The van der Waals surface area contributed by atoms with Crippen molar-refractivity contribution in [2.45, 2.75) is 174 Å². The highest BCUT2D eigenvalue weighted by Gasteiger charge is 2.52. The van der Waals surface area contributed by atoms with Gasteiger partial charge in [0.15, 0.2) is 0 Å². The van der Waals surface area contributed by atoms with Crippen molar-refractivity contribution in [3.8, 4) is 0 Å². The smallest absolute Gasteiger partial charge is 0.331 e. The highest BCUT2D eigenvalue weighted by atomic mass is 79.9. The number of methoxy groups -OCH3 is 1. The predicted molar refractivity (Wildman–Crippen MR) is 209 cm³/mol. The summed E-state index contributed by atoms with van der Waals surface area (Å²) < 4.78 is 17.6. The van der Waals surface area contributed by atoms with Gasteiger partial charge in [0.25, 0.3) is 0 Å². The van der Waals surface area contributed by atoms with Gasteiger partial charge >= 0.3 is 5.97 Å². The van der Waals surface area contributed by atoms with Crippen LogP contribution in [0.15, 0.2) is 46.2 Å². The monoisotopic (exact) mass is 816 g/mol. The Kier molecular flexibility index (Phi) is 18.9. The lowest BCUT2D eigenvalue weighted by atomic mass is 9.75. The number of hydrogen-bond donors (Lipinski definition) is 7. The highest BCUT2D eigenvalue weighted by molar-refractivity contribution is 9.11. The zero-order valence-electron chi connectivity index (χ0n) is 33.4. The van der Waals surface area contributed by atoms with Crippen LogP contribution in [0.2, 0.25) is 0 Å². The molecule has 306 valence electrons. The van der Waals surface area contributed by atoms with E-state index in [4.69, 9.17) is 14.2 Å². The third-order valence-corrected chi connectivity index (χ3v) is 11.9. The molecule has 0 spiro atoms. The van der Waals surface area contributed by atoms with Crippen LogP contribution in [0.4, 0.5) is 0 Å². The number of carbonyl (C=O) groups excluding carboxylic acids is 1. The topological polar surface area (TPSA) is 186 Å². The molecule has 0 aromatic carbocycles. The fraction of sp³-hybridized carbons (Fsp3) is 0.780. The van der Waals surface area contributed by atoms with Gasteiger partial charge in [0.2, 0.25) is 0 Å². The molecule has 1 saturated heterocycles. The van der Waals surface area contributed by atoms with Crippen LogP contribution in [-0.4, -0.2) is 109 Å². The lowest BCUT2D eigenvalue weighted by Gasteiger charge is -2.38. The van der Waals surface area contributed by atoms with Crippen molar-refractivity contribution in [2.75, 3.05) is 7.11 Å². The molecule has 2 heterocycles. The Morgan fingerprint density at radius 3 is 2.25 bits per heavy atom. The Bertz CT molecular complexity index is 1280. The average molecular weight is 818 g/mol. The van der Waals surface area contributed by atoms with Crippen molar-refractivity contribution in [2.24, 2.45) is 23.2 Å². The number of carbonyl (C=O) groups is 1. The molecule has 2 aliphatic heterocycles. The van der Waals surface area contributed by atoms with E-state index >= 15 is 0 Å². The van der Waals surface area contributed by atoms with Gasteiger partial charge in [-0.15, -0.1) is 0 Å². The zero-order chi connectivity index (χ0) is 40.4. The molecule has 2 bridgehead atoms. The molecule has 12 heteroatoms. The summed E-state index contributed by atoms with van der Waals surface area (Å²) in [7, 11) is 1.48. The van der Waals surface area contributed by atoms with Crippen LogP contribution in [0, 0.1) is 23.2 Å². The molecule has 2 aliphatic rings. The van der Waals surface area contributed by atoms with Crippen molar-refractivity contribution < 1.29 is 54.8 Å². The van der Waals surface area contributed by atoms with Gasteiger partial charge in [-0.3, -0.25) is 0 Å². The minimum Gasteiger partial charge on any atom is -0.496 e. The van der Waals surface area contributed by atoms with Crippen LogP contribution in [0.25, 0.3) is 0 Å². The second kappa shape index (κ2) is 21.1. The number of esters is 1. The van der Waals surface area contributed by atoms with Crippen LogP contribution in [0.3, 0.4) is 0 Å². The van der Waals surface area contributed by atoms with Crippen molar-refractivity contribution in [1.82, 2.24) is 0 Å². The van der Waals surface area contributed by atoms with Gasteiger partial charge in [0.1, 0.15) is 23.6 Å². The number of aliphatic hydroxyl groups excluding tert-OH is 7. The first kappa shape index (κ1) is 47.5. The Morgan fingerprint density at radius 2 is 1.64 bits per heavy atom. The van der Waals surface area contributed by atoms with Gasteiger partial charge in [-0.05, 0) is 76.7 Å². The minimum absolute atomic E-state index is 0.0217. The fourth-order valence-corrected chi connectivity index (χ4v) is 8.20. The Morgan fingerprint density at radius 1 is 1.04 bits per heavy atom. The molecule has 0 aromatic rings. The van der Waals surface area contributed by atoms with Crippen molar-refractivity contribution in [3.05, 3.63) is 46.2 Å². The van der Waals surface area contributed by atoms with E-state index in [2.05, 4.69) is 36.4 Å². The predicted octanol–water partition coefficient (Wildman–Crippen LogP) is 5.37. The molecular weight excluding hydrogens is 748 g/mol. The maximum absolute atomic E-state index is 13.0. The van der Waals surface area contributed by atoms with Gasteiger partial charge in [-0.1, -0.05) is 74.3 Å². The van der Waals surface area contributed by atoms with E-state index in [-0.39, 0.29) is 43.6 Å². The van der Waals surface area contributed by atoms with E-state index in [0.29, 0.717) is 49.0 Å². The number of rotatable bonds is 16. The molecule has 1 fully saturated rings. The Balaban J connectivity index is 2.11. The third-order valence-electron chi connectivity index (χ3n) is 11.4. The summed E-state index contributed by atoms with van der Waals surface area (Å²) in [4.78, 5) is 14.6. The number of aliphatic hydroxyl groups is 7. The van der Waals surface area contributed by atoms with E-state index in [9.17, 15) is 40.5 Å². The second-order valence-corrected chi connectivity index (χ2v) is 17.4. The number of allylic oxidation sites excluding steroid dienone is 2. The van der Waals surface area contributed by atoms with Crippen LogP contribution < -0.4 is 0 Å². The molecule has 7 N–H and O–H groups in total. The number of hydrogen-bond acceptors (Lipinski definition) is 11. The maximum Gasteiger partial charge on any atom is 0.331 e. The summed E-state index contributed by atoms with van der Waals surface area (Å²) in [5.74, 6) is -0.376. The standard InChI is InChI=1S/C41H69BrO11/c1-23-11-24(2)17-39(50)52-38-20-31(14-25(3)13-29(43)12-23)53-41(38,9)37(49)16-26(4)15-35(47)40(7,8)36(48)21-33(46)28(6)32(45)19-30(44)18-27(5)34(22-42)51-10/h16-17,22-23,25,28-33,35-38,43-49H,5,11-15,18-21H2,1-4,6-10H3/b24-17+,26-16+,34-22+/t23-,25+,28-,29-,30-,31-,32-,33+,35+,36-,37-,38+,41-/m0/s1. The summed E-state index contributed by atoms with van der Waals surface area (Å²) in [6.07, 6.45) is -1.94. The van der Waals surface area contributed by atoms with Gasteiger partial charge in [-0.25, -0.2) is 4.79 Å². The van der Waals surface area contributed by atoms with Crippen LogP contribution in [0.1, 0.15) is 113 Å². The molecule has 0 radical (unpaired) electrons. The molecule has 13 atom stereocenters. The van der Waals surface area contributed by atoms with Crippen LogP contribution in [-0.2, 0) is 19.0 Å². The summed E-state index contributed by atoms with van der Waals surface area (Å²) in [5.41, 5.74) is -0.339. The van der Waals surface area contributed by atoms with Gasteiger partial charge in [0, 0.05) is 41.7 Å². The van der Waals surface area contributed by atoms with Gasteiger partial charge < -0.3 is 50.0 Å². The van der Waals surface area contributed by atoms with E-state index in [1.807, 2.05) is 6.92 Å². The number of fused-ring (bicyclic) bond motifs is 2. The van der Waals surface area contributed by atoms with Gasteiger partial charge in [-0.2, -0.15) is 0 Å². The zero-order valence-corrected chi connectivity index (χ0v) is 35.0. The van der Waals surface area contributed by atoms with E-state index in [0.717, 1.165) is 5.57 Å². The summed E-state index contributed by atoms with van der Waals surface area (Å²) in [6.45, 7) is 18.4. The molecule has 11 nitrogen and oxygen atoms in total. The number of ether oxygens (including phenoxy) is 3. The van der Waals surface area contributed by atoms with Crippen LogP contribution >= 0.6 is 15.9 Å². The normalized spacial score (nSPS) is 31.9. The first-order valence-electron chi connectivity index (χ1n) is 19.1. The summed E-state index contributed by atoms with van der Waals surface area (Å²) in [6, 6.07) is 0. The second-order valence-electron chi connectivity index (χ2n) is 17.0. The summed E-state index contributed by atoms with van der Waals surface area (Å²) in [5, 5.41) is 77.0. The quantitative estimate of drug-likeness (QED) is 0.0460. The molecule has 0 unspecified atom stereocenters. The van der Waals surface area contributed by atoms with Crippen molar-refractivity contribution in [1.29, 1.82) is 0 Å². The fourth-order valence-electron chi connectivity index (χ4n) is 7.69. The molecule has 0 amide bonds. The average Bonchev–Trinajstić information content (AvgIpc) is 3.34. The molecule has 0 saturated carbocycles. The van der Waals surface area contributed by atoms with E-state index in [1.54, 1.807) is 45.7 Å². The first-order valence-corrected chi connectivity index (χ1v) is 20.0. The van der Waals surface area contributed by atoms with Crippen molar-refractivity contribution in [3.63, 3.8) is 0 Å². The molecule has 0 aliphatic carbocycles. The lowest BCUT2D eigenvalue weighted by molar-refractivity contribution is -0.164. The van der Waals surface area contributed by atoms with Crippen molar-refractivity contribution >= 4 is 21.9 Å². The van der Waals surface area contributed by atoms with Gasteiger partial charge in [0.05, 0.1) is 49.8 Å². The van der Waals surface area contributed by atoms with E-state index in [1.165, 1.54) is 13.2 Å². The molecular formula is C41H69BrO11. The molecule has 0 aromatic heterocycles. The molecule has 53 heavy (non-hydrogen) atoms. The van der Waals surface area contributed by atoms with Crippen LogP contribution in [0.5, 0.6) is 0 Å². The lowest BCUT2D eigenvalue weighted by Crippen LogP contribution is -2.48. The Labute approximate surface area is 325 Å². The third kappa shape index (κ3) is 14.1. The van der Waals surface area contributed by atoms with E-state index < -0.39 is 71.7 Å².